The van der Waals surface area contributed by atoms with E-state index in [-0.39, 0.29) is 11.9 Å². The third-order valence-electron chi connectivity index (χ3n) is 3.95. The van der Waals surface area contributed by atoms with E-state index in [2.05, 4.69) is 42.5 Å². The van der Waals surface area contributed by atoms with Crippen LogP contribution in [-0.2, 0) is 0 Å². The molecule has 2 N–H and O–H groups in total. The zero-order chi connectivity index (χ0) is 16.1. The minimum absolute atomic E-state index is 0.0206. The average molecular weight is 325 g/mol. The van der Waals surface area contributed by atoms with Crippen LogP contribution in [0.1, 0.15) is 24.4 Å². The fourth-order valence-corrected chi connectivity index (χ4v) is 3.55. The van der Waals surface area contributed by atoms with Gasteiger partial charge in [0.15, 0.2) is 0 Å². The molecule has 0 heterocycles. The highest BCUT2D eigenvalue weighted by molar-refractivity contribution is 7.99. The van der Waals surface area contributed by atoms with Crippen LogP contribution in [0.15, 0.2) is 71.6 Å². The number of fused-ring (bicyclic) bond motifs is 1. The summed E-state index contributed by atoms with van der Waals surface area (Å²) in [6.07, 6.45) is 1.95. The Kier molecular flexibility index (Phi) is 5.31. The van der Waals surface area contributed by atoms with E-state index < -0.39 is 0 Å². The highest BCUT2D eigenvalue weighted by Crippen LogP contribution is 2.25. The van der Waals surface area contributed by atoms with Gasteiger partial charge in [-0.3, -0.25) is 0 Å². The lowest BCUT2D eigenvalue weighted by atomic mass is 10.0. The Morgan fingerprint density at radius 2 is 1.65 bits per heavy atom. The van der Waals surface area contributed by atoms with Gasteiger partial charge in [0.2, 0.25) is 0 Å². The van der Waals surface area contributed by atoms with Crippen LogP contribution < -0.4 is 5.73 Å². The first-order valence-electron chi connectivity index (χ1n) is 7.85. The number of halogens is 1. The summed E-state index contributed by atoms with van der Waals surface area (Å²) in [6.45, 7) is 0. The van der Waals surface area contributed by atoms with Crippen molar-refractivity contribution >= 4 is 22.5 Å². The molecule has 1 atom stereocenters. The van der Waals surface area contributed by atoms with Crippen molar-refractivity contribution in [1.82, 2.24) is 0 Å². The van der Waals surface area contributed by atoms with Crippen LogP contribution in [0.3, 0.4) is 0 Å². The SMILES string of the molecule is NC(CCCSc1ccc2ccccc2c1)c1ccc(F)cc1. The van der Waals surface area contributed by atoms with Crippen LogP contribution in [-0.4, -0.2) is 5.75 Å². The van der Waals surface area contributed by atoms with Crippen molar-refractivity contribution in [2.45, 2.75) is 23.8 Å². The summed E-state index contributed by atoms with van der Waals surface area (Å²) in [5.74, 6) is 0.820. The standard InChI is InChI=1S/C20H20FNS/c21-18-10-7-16(8-11-18)20(22)6-3-13-23-19-12-9-15-4-1-2-5-17(15)14-19/h1-2,4-5,7-12,14,20H,3,6,13,22H2. The predicted octanol–water partition coefficient (Wildman–Crippen LogP) is 5.55. The number of rotatable bonds is 6. The van der Waals surface area contributed by atoms with Gasteiger partial charge in [0, 0.05) is 10.9 Å². The lowest BCUT2D eigenvalue weighted by molar-refractivity contribution is 0.617. The molecule has 1 unspecified atom stereocenters. The highest BCUT2D eigenvalue weighted by Gasteiger charge is 2.06. The molecule has 0 amide bonds. The van der Waals surface area contributed by atoms with Crippen LogP contribution in [0.4, 0.5) is 4.39 Å². The fraction of sp³-hybridized carbons (Fsp3) is 0.200. The second-order valence-electron chi connectivity index (χ2n) is 5.66. The molecule has 3 heteroatoms. The predicted molar refractivity (Wildman–Crippen MR) is 97.2 cm³/mol. The Balaban J connectivity index is 1.49. The van der Waals surface area contributed by atoms with E-state index in [9.17, 15) is 4.39 Å². The van der Waals surface area contributed by atoms with E-state index in [1.807, 2.05) is 11.8 Å². The monoisotopic (exact) mass is 325 g/mol. The van der Waals surface area contributed by atoms with Crippen molar-refractivity contribution in [1.29, 1.82) is 0 Å². The van der Waals surface area contributed by atoms with Crippen molar-refractivity contribution in [3.8, 4) is 0 Å². The molecular weight excluding hydrogens is 305 g/mol. The molecule has 0 saturated carbocycles. The van der Waals surface area contributed by atoms with Crippen LogP contribution in [0.25, 0.3) is 10.8 Å². The van der Waals surface area contributed by atoms with Gasteiger partial charge in [-0.05, 0) is 59.2 Å². The Hall–Kier alpha value is -1.84. The maximum Gasteiger partial charge on any atom is 0.123 e. The molecule has 0 spiro atoms. The summed E-state index contributed by atoms with van der Waals surface area (Å²) >= 11 is 1.86. The van der Waals surface area contributed by atoms with Crippen molar-refractivity contribution in [2.75, 3.05) is 5.75 Å². The van der Waals surface area contributed by atoms with Crippen LogP contribution >= 0.6 is 11.8 Å². The van der Waals surface area contributed by atoms with Crippen LogP contribution in [0.2, 0.25) is 0 Å². The summed E-state index contributed by atoms with van der Waals surface area (Å²) in [4.78, 5) is 1.29. The Labute approximate surface area is 140 Å². The van der Waals surface area contributed by atoms with Gasteiger partial charge in [-0.1, -0.05) is 42.5 Å². The zero-order valence-electron chi connectivity index (χ0n) is 12.9. The number of thioether (sulfide) groups is 1. The first kappa shape index (κ1) is 16.0. The van der Waals surface area contributed by atoms with Crippen molar-refractivity contribution < 1.29 is 4.39 Å². The molecule has 0 bridgehead atoms. The van der Waals surface area contributed by atoms with Gasteiger partial charge in [0.05, 0.1) is 0 Å². The summed E-state index contributed by atoms with van der Waals surface area (Å²) in [6, 6.07) is 21.5. The summed E-state index contributed by atoms with van der Waals surface area (Å²) in [7, 11) is 0. The number of nitrogens with two attached hydrogens (primary N) is 1. The quantitative estimate of drug-likeness (QED) is 0.475. The molecule has 0 aliphatic rings. The molecule has 0 fully saturated rings. The molecule has 3 aromatic rings. The van der Waals surface area contributed by atoms with Crippen LogP contribution in [0.5, 0.6) is 0 Å². The van der Waals surface area contributed by atoms with E-state index in [0.29, 0.717) is 0 Å². The van der Waals surface area contributed by atoms with E-state index in [0.717, 1.165) is 24.2 Å². The largest absolute Gasteiger partial charge is 0.324 e. The number of hydrogen-bond acceptors (Lipinski definition) is 2. The van der Waals surface area contributed by atoms with Crippen LogP contribution in [0, 0.1) is 5.82 Å². The summed E-state index contributed by atoms with van der Waals surface area (Å²) in [5, 5.41) is 2.55. The molecular formula is C20H20FNS. The molecule has 118 valence electrons. The Morgan fingerprint density at radius 3 is 2.43 bits per heavy atom. The summed E-state index contributed by atoms with van der Waals surface area (Å²) in [5.41, 5.74) is 7.17. The molecule has 0 aliphatic carbocycles. The normalized spacial score (nSPS) is 12.4. The first-order valence-corrected chi connectivity index (χ1v) is 8.83. The zero-order valence-corrected chi connectivity index (χ0v) is 13.7. The minimum Gasteiger partial charge on any atom is -0.324 e. The second kappa shape index (κ2) is 7.62. The average Bonchev–Trinajstić information content (AvgIpc) is 2.59. The number of hydrogen-bond donors (Lipinski definition) is 1. The fourth-order valence-electron chi connectivity index (χ4n) is 2.63. The first-order chi connectivity index (χ1) is 11.2. The van der Waals surface area contributed by atoms with E-state index in [4.69, 9.17) is 5.73 Å². The third-order valence-corrected chi connectivity index (χ3v) is 5.03. The molecule has 1 nitrogen and oxygen atoms in total. The van der Waals surface area contributed by atoms with Gasteiger partial charge in [-0.25, -0.2) is 4.39 Å². The molecule has 0 aliphatic heterocycles. The van der Waals surface area contributed by atoms with Crippen molar-refractivity contribution in [2.24, 2.45) is 5.73 Å². The van der Waals surface area contributed by atoms with E-state index in [1.165, 1.54) is 27.8 Å². The molecule has 0 saturated heterocycles. The second-order valence-corrected chi connectivity index (χ2v) is 6.83. The van der Waals surface area contributed by atoms with Gasteiger partial charge >= 0.3 is 0 Å². The van der Waals surface area contributed by atoms with Gasteiger partial charge in [0.25, 0.3) is 0 Å². The van der Waals surface area contributed by atoms with Gasteiger partial charge in [-0.15, -0.1) is 11.8 Å². The molecule has 3 rings (SSSR count). The maximum atomic E-state index is 12.9. The summed E-state index contributed by atoms with van der Waals surface area (Å²) < 4.78 is 12.9. The Morgan fingerprint density at radius 1 is 0.913 bits per heavy atom. The molecule has 23 heavy (non-hydrogen) atoms. The van der Waals surface area contributed by atoms with Gasteiger partial charge in [0.1, 0.15) is 5.82 Å². The molecule has 0 aromatic heterocycles. The minimum atomic E-state index is -0.215. The van der Waals surface area contributed by atoms with E-state index >= 15 is 0 Å². The molecule has 0 radical (unpaired) electrons. The van der Waals surface area contributed by atoms with Gasteiger partial charge < -0.3 is 5.73 Å². The van der Waals surface area contributed by atoms with Crippen molar-refractivity contribution in [3.05, 3.63) is 78.1 Å². The lowest BCUT2D eigenvalue weighted by Crippen LogP contribution is -2.10. The third kappa shape index (κ3) is 4.34. The smallest absolute Gasteiger partial charge is 0.123 e. The Bertz CT molecular complexity index is 770. The maximum absolute atomic E-state index is 12.9. The van der Waals surface area contributed by atoms with Gasteiger partial charge in [-0.2, -0.15) is 0 Å². The topological polar surface area (TPSA) is 26.0 Å². The number of benzene rings is 3. The lowest BCUT2D eigenvalue weighted by Gasteiger charge is -2.11. The highest BCUT2D eigenvalue weighted by atomic mass is 32.2. The molecule has 3 aromatic carbocycles. The van der Waals surface area contributed by atoms with Crippen molar-refractivity contribution in [3.63, 3.8) is 0 Å². The van der Waals surface area contributed by atoms with E-state index in [1.54, 1.807) is 12.1 Å².